The maximum atomic E-state index is 13.1. The molecule has 0 aliphatic carbocycles. The minimum atomic E-state index is -0.403. The lowest BCUT2D eigenvalue weighted by molar-refractivity contribution is -0.138. The van der Waals surface area contributed by atoms with E-state index in [-0.39, 0.29) is 30.9 Å². The first-order chi connectivity index (χ1) is 13.0. The number of carbonyl (C=O) groups is 2. The summed E-state index contributed by atoms with van der Waals surface area (Å²) in [6.07, 6.45) is 2.01. The predicted molar refractivity (Wildman–Crippen MR) is 104 cm³/mol. The second-order valence-corrected chi connectivity index (χ2v) is 7.64. The fraction of sp³-hybridized carbons (Fsp3) is 0.474. The Kier molecular flexibility index (Phi) is 4.61. The average molecular weight is 390 g/mol. The summed E-state index contributed by atoms with van der Waals surface area (Å²) in [5.74, 6) is -0.164. The fourth-order valence-electron chi connectivity index (χ4n) is 4.37. The van der Waals surface area contributed by atoms with E-state index in [9.17, 15) is 9.59 Å². The number of carbonyl (C=O) groups excluding carboxylic acids is 2. The highest BCUT2D eigenvalue weighted by Gasteiger charge is 2.55. The van der Waals surface area contributed by atoms with Crippen LogP contribution in [0.3, 0.4) is 0 Å². The third-order valence-electron chi connectivity index (χ3n) is 5.73. The van der Waals surface area contributed by atoms with E-state index in [0.717, 1.165) is 35.8 Å². The van der Waals surface area contributed by atoms with E-state index >= 15 is 0 Å². The van der Waals surface area contributed by atoms with Crippen molar-refractivity contribution in [3.63, 3.8) is 0 Å². The van der Waals surface area contributed by atoms with Gasteiger partial charge in [0, 0.05) is 37.4 Å². The van der Waals surface area contributed by atoms with Gasteiger partial charge in [0.2, 0.25) is 0 Å². The van der Waals surface area contributed by atoms with Crippen LogP contribution in [0.2, 0.25) is 5.02 Å². The van der Waals surface area contributed by atoms with Crippen LogP contribution in [0.1, 0.15) is 12.0 Å². The van der Waals surface area contributed by atoms with E-state index < -0.39 is 6.04 Å². The number of fused-ring (bicyclic) bond motifs is 3. The Bertz CT molecular complexity index is 800. The molecule has 0 bridgehead atoms. The number of rotatable bonds is 3. The van der Waals surface area contributed by atoms with Gasteiger partial charge in [-0.1, -0.05) is 23.7 Å². The Balaban J connectivity index is 1.69. The minimum absolute atomic E-state index is 0.159. The van der Waals surface area contributed by atoms with Gasteiger partial charge in [-0.25, -0.2) is 4.79 Å². The molecule has 0 aromatic heterocycles. The molecule has 3 amide bonds. The van der Waals surface area contributed by atoms with Gasteiger partial charge in [-0.2, -0.15) is 0 Å². The highest BCUT2D eigenvalue weighted by Crippen LogP contribution is 2.35. The molecule has 4 rings (SSSR count). The monoisotopic (exact) mass is 389 g/mol. The van der Waals surface area contributed by atoms with Gasteiger partial charge in [0.05, 0.1) is 0 Å². The average Bonchev–Trinajstić information content (AvgIpc) is 3.06. The lowest BCUT2D eigenvalue weighted by Gasteiger charge is -2.44. The Hall–Kier alpha value is -2.09. The largest absolute Gasteiger partial charge is 0.343 e. The smallest absolute Gasteiger partial charge is 0.328 e. The van der Waals surface area contributed by atoms with Gasteiger partial charge in [0.25, 0.3) is 5.91 Å². The summed E-state index contributed by atoms with van der Waals surface area (Å²) < 4.78 is 0. The normalized spacial score (nSPS) is 28.4. The van der Waals surface area contributed by atoms with Crippen molar-refractivity contribution in [2.45, 2.75) is 31.8 Å². The molecule has 27 heavy (non-hydrogen) atoms. The molecule has 1 aromatic rings. The molecule has 3 heterocycles. The number of hydrogen-bond donors (Lipinski definition) is 1. The van der Waals surface area contributed by atoms with Gasteiger partial charge in [-0.15, -0.1) is 6.58 Å². The van der Waals surface area contributed by atoms with Gasteiger partial charge in [-0.05, 0) is 31.0 Å². The van der Waals surface area contributed by atoms with Gasteiger partial charge in [0.15, 0.2) is 0 Å². The summed E-state index contributed by atoms with van der Waals surface area (Å²) >= 11 is 6.33. The van der Waals surface area contributed by atoms with Crippen LogP contribution in [0.4, 0.5) is 10.5 Å². The molecule has 3 atom stereocenters. The van der Waals surface area contributed by atoms with Crippen molar-refractivity contribution in [1.82, 2.24) is 20.0 Å². The number of hydrogen-bond acceptors (Lipinski definition) is 5. The van der Waals surface area contributed by atoms with Crippen LogP contribution in [-0.2, 0) is 4.79 Å². The maximum absolute atomic E-state index is 13.1. The van der Waals surface area contributed by atoms with Crippen molar-refractivity contribution >= 4 is 29.2 Å². The van der Waals surface area contributed by atoms with E-state index in [4.69, 9.17) is 11.6 Å². The summed E-state index contributed by atoms with van der Waals surface area (Å²) in [4.78, 5) is 33.0. The minimum Gasteiger partial charge on any atom is -0.343 e. The number of nitrogens with zero attached hydrogens (tertiary/aromatic N) is 4. The number of anilines is 1. The summed E-state index contributed by atoms with van der Waals surface area (Å²) in [5.41, 5.74) is 2.06. The van der Waals surface area contributed by atoms with Crippen molar-refractivity contribution in [2.24, 2.45) is 0 Å². The summed E-state index contributed by atoms with van der Waals surface area (Å²) in [5, 5.41) is 4.23. The number of benzene rings is 1. The second-order valence-electron chi connectivity index (χ2n) is 7.23. The van der Waals surface area contributed by atoms with Crippen molar-refractivity contribution in [1.29, 1.82) is 0 Å². The highest BCUT2D eigenvalue weighted by molar-refractivity contribution is 6.31. The zero-order valence-electron chi connectivity index (χ0n) is 15.6. The summed E-state index contributed by atoms with van der Waals surface area (Å²) in [6, 6.07) is 5.18. The number of nitrogens with one attached hydrogen (secondary N) is 1. The quantitative estimate of drug-likeness (QED) is 0.799. The lowest BCUT2D eigenvalue weighted by Crippen LogP contribution is -2.66. The molecule has 3 unspecified atom stereocenters. The van der Waals surface area contributed by atoms with Gasteiger partial charge >= 0.3 is 6.03 Å². The SMILES string of the molecule is C=CCN1C(=O)C2C(NC3N(c4cccc(Cl)c4C)CCCN23)N(C)C1=O. The molecule has 3 saturated heterocycles. The van der Waals surface area contributed by atoms with E-state index in [2.05, 4.69) is 27.8 Å². The fourth-order valence-corrected chi connectivity index (χ4v) is 4.54. The molecular weight excluding hydrogens is 366 g/mol. The third-order valence-corrected chi connectivity index (χ3v) is 6.14. The van der Waals surface area contributed by atoms with Crippen molar-refractivity contribution in [3.8, 4) is 0 Å². The first-order valence-electron chi connectivity index (χ1n) is 9.18. The van der Waals surface area contributed by atoms with Crippen molar-refractivity contribution in [3.05, 3.63) is 41.4 Å². The van der Waals surface area contributed by atoms with Gasteiger partial charge < -0.3 is 9.80 Å². The molecular formula is C19H24ClN5O2. The summed E-state index contributed by atoms with van der Waals surface area (Å²) in [7, 11) is 1.74. The van der Waals surface area contributed by atoms with Crippen molar-refractivity contribution < 1.29 is 9.59 Å². The van der Waals surface area contributed by atoms with E-state index in [0.29, 0.717) is 0 Å². The number of imide groups is 1. The summed E-state index contributed by atoms with van der Waals surface area (Å²) in [6.45, 7) is 7.55. The molecule has 3 aliphatic heterocycles. The van der Waals surface area contributed by atoms with Crippen LogP contribution in [0.5, 0.6) is 0 Å². The van der Waals surface area contributed by atoms with E-state index in [1.807, 2.05) is 19.1 Å². The maximum Gasteiger partial charge on any atom is 0.328 e. The molecule has 3 fully saturated rings. The highest BCUT2D eigenvalue weighted by atomic mass is 35.5. The standard InChI is InChI=1S/C19H24ClN5O2/c1-4-9-25-17(26)15-16(22(3)19(25)27)21-18-23(10-6-11-24(15)18)14-8-5-7-13(20)12(14)2/h4-5,7-8,15-16,18,21H,1,6,9-11H2,2-3H3. The Morgan fingerprint density at radius 3 is 2.85 bits per heavy atom. The van der Waals surface area contributed by atoms with Crippen LogP contribution in [0.15, 0.2) is 30.9 Å². The zero-order chi connectivity index (χ0) is 19.3. The van der Waals surface area contributed by atoms with Crippen LogP contribution >= 0.6 is 11.6 Å². The topological polar surface area (TPSA) is 59.1 Å². The first kappa shape index (κ1) is 18.3. The lowest BCUT2D eigenvalue weighted by atomic mass is 10.1. The van der Waals surface area contributed by atoms with Crippen molar-refractivity contribution in [2.75, 3.05) is 31.6 Å². The predicted octanol–water partition coefficient (Wildman–Crippen LogP) is 1.82. The molecule has 0 radical (unpaired) electrons. The van der Waals surface area contributed by atoms with Gasteiger partial charge in [0.1, 0.15) is 18.5 Å². The first-order valence-corrected chi connectivity index (χ1v) is 9.56. The van der Waals surface area contributed by atoms with Crippen LogP contribution < -0.4 is 10.2 Å². The zero-order valence-corrected chi connectivity index (χ0v) is 16.3. The molecule has 144 valence electrons. The number of amides is 3. The molecule has 1 N–H and O–H groups in total. The molecule has 3 aliphatic rings. The Labute approximate surface area is 164 Å². The number of halogens is 1. The third kappa shape index (κ3) is 2.72. The van der Waals surface area contributed by atoms with Crippen LogP contribution in [0.25, 0.3) is 0 Å². The number of urea groups is 1. The molecule has 0 spiro atoms. The molecule has 8 heteroatoms. The molecule has 0 saturated carbocycles. The Morgan fingerprint density at radius 2 is 2.11 bits per heavy atom. The van der Waals surface area contributed by atoms with E-state index in [1.54, 1.807) is 18.0 Å². The van der Waals surface area contributed by atoms with Crippen LogP contribution in [-0.4, -0.2) is 71.8 Å². The van der Waals surface area contributed by atoms with Crippen LogP contribution in [0, 0.1) is 6.92 Å². The molecule has 7 nitrogen and oxygen atoms in total. The second kappa shape index (κ2) is 6.82. The molecule has 1 aromatic carbocycles. The number of likely N-dealkylation sites (N-methyl/N-ethyl adjacent to an activating group) is 1. The van der Waals surface area contributed by atoms with E-state index in [1.165, 1.54) is 4.90 Å². The Morgan fingerprint density at radius 1 is 1.33 bits per heavy atom. The van der Waals surface area contributed by atoms with Gasteiger partial charge in [-0.3, -0.25) is 19.9 Å².